The molecular weight excluding hydrogens is 230 g/mol. The first-order chi connectivity index (χ1) is 8.11. The molecule has 0 aliphatic heterocycles. The van der Waals surface area contributed by atoms with Gasteiger partial charge >= 0.3 is 0 Å². The van der Waals surface area contributed by atoms with Crippen LogP contribution in [0.15, 0.2) is 18.5 Å². The van der Waals surface area contributed by atoms with Gasteiger partial charge in [0, 0.05) is 18.3 Å². The van der Waals surface area contributed by atoms with Crippen molar-refractivity contribution in [1.29, 1.82) is 0 Å². The molecular formula is C13H19N3S. The van der Waals surface area contributed by atoms with Gasteiger partial charge in [-0.2, -0.15) is 0 Å². The molecule has 92 valence electrons. The van der Waals surface area contributed by atoms with Crippen molar-refractivity contribution in [3.63, 3.8) is 0 Å². The van der Waals surface area contributed by atoms with Crippen LogP contribution in [-0.2, 0) is 0 Å². The Bertz CT molecular complexity index is 411. The number of nitrogens with zero attached hydrogens (tertiary/aromatic N) is 1. The minimum absolute atomic E-state index is 0.406. The average molecular weight is 249 g/mol. The van der Waals surface area contributed by atoms with Crippen LogP contribution in [0.5, 0.6) is 0 Å². The van der Waals surface area contributed by atoms with Crippen LogP contribution in [0.1, 0.15) is 38.2 Å². The van der Waals surface area contributed by atoms with Crippen LogP contribution in [0.4, 0.5) is 5.69 Å². The summed E-state index contributed by atoms with van der Waals surface area (Å²) in [5.41, 5.74) is 7.94. The van der Waals surface area contributed by atoms with Gasteiger partial charge in [-0.15, -0.1) is 0 Å². The molecule has 0 saturated heterocycles. The van der Waals surface area contributed by atoms with E-state index < -0.39 is 0 Å². The maximum Gasteiger partial charge on any atom is 0.106 e. The van der Waals surface area contributed by atoms with Crippen molar-refractivity contribution in [3.05, 3.63) is 24.0 Å². The van der Waals surface area contributed by atoms with Crippen molar-refractivity contribution in [2.24, 2.45) is 11.1 Å². The van der Waals surface area contributed by atoms with Gasteiger partial charge in [-0.05, 0) is 24.3 Å². The third-order valence-electron chi connectivity index (χ3n) is 3.60. The average Bonchev–Trinajstić information content (AvgIpc) is 2.74. The van der Waals surface area contributed by atoms with E-state index in [1.54, 1.807) is 12.4 Å². The summed E-state index contributed by atoms with van der Waals surface area (Å²) in [6, 6.07) is 1.86. The van der Waals surface area contributed by atoms with Gasteiger partial charge in [-0.1, -0.05) is 32.0 Å². The zero-order chi connectivity index (χ0) is 12.3. The van der Waals surface area contributed by atoms with Crippen molar-refractivity contribution in [3.8, 4) is 0 Å². The maximum absolute atomic E-state index is 5.69. The summed E-state index contributed by atoms with van der Waals surface area (Å²) < 4.78 is 0. The third-order valence-corrected chi connectivity index (χ3v) is 3.82. The monoisotopic (exact) mass is 249 g/mol. The van der Waals surface area contributed by atoms with Gasteiger partial charge in [0.15, 0.2) is 0 Å². The van der Waals surface area contributed by atoms with Crippen LogP contribution >= 0.6 is 12.2 Å². The highest BCUT2D eigenvalue weighted by Crippen LogP contribution is 2.37. The van der Waals surface area contributed by atoms with E-state index in [1.165, 1.54) is 25.7 Å². The molecule has 0 unspecified atom stereocenters. The Morgan fingerprint density at radius 3 is 2.88 bits per heavy atom. The normalized spacial score (nSPS) is 17.9. The van der Waals surface area contributed by atoms with Crippen LogP contribution in [0.3, 0.4) is 0 Å². The van der Waals surface area contributed by atoms with E-state index in [2.05, 4.69) is 17.2 Å². The molecule has 0 aromatic carbocycles. The van der Waals surface area contributed by atoms with Gasteiger partial charge in [0.25, 0.3) is 0 Å². The van der Waals surface area contributed by atoms with Crippen LogP contribution in [0, 0.1) is 5.41 Å². The number of hydrogen-bond donors (Lipinski definition) is 2. The van der Waals surface area contributed by atoms with Gasteiger partial charge in [0.1, 0.15) is 4.99 Å². The minimum atomic E-state index is 0.406. The van der Waals surface area contributed by atoms with Crippen molar-refractivity contribution in [2.75, 3.05) is 11.9 Å². The Hall–Kier alpha value is -1.16. The SMILES string of the molecule is CC1(CNc2cnccc2C(N)=S)CCCC1. The highest BCUT2D eigenvalue weighted by Gasteiger charge is 2.28. The number of nitrogens with two attached hydrogens (primary N) is 1. The Morgan fingerprint density at radius 2 is 2.24 bits per heavy atom. The fourth-order valence-corrected chi connectivity index (χ4v) is 2.64. The summed E-state index contributed by atoms with van der Waals surface area (Å²) in [4.78, 5) is 4.54. The number of aromatic nitrogens is 1. The van der Waals surface area contributed by atoms with Crippen molar-refractivity contribution in [2.45, 2.75) is 32.6 Å². The van der Waals surface area contributed by atoms with E-state index >= 15 is 0 Å². The number of thiocarbonyl (C=S) groups is 1. The van der Waals surface area contributed by atoms with E-state index in [4.69, 9.17) is 18.0 Å². The summed E-state index contributed by atoms with van der Waals surface area (Å²) in [7, 11) is 0. The Kier molecular flexibility index (Phi) is 3.62. The lowest BCUT2D eigenvalue weighted by Gasteiger charge is -2.25. The molecule has 1 aromatic rings. The van der Waals surface area contributed by atoms with Crippen LogP contribution in [-0.4, -0.2) is 16.5 Å². The quantitative estimate of drug-likeness (QED) is 0.806. The molecule has 1 aliphatic carbocycles. The molecule has 0 radical (unpaired) electrons. The molecule has 1 saturated carbocycles. The van der Waals surface area contributed by atoms with Crippen molar-refractivity contribution < 1.29 is 0 Å². The molecule has 0 atom stereocenters. The number of rotatable bonds is 4. The second-order valence-electron chi connectivity index (χ2n) is 5.16. The molecule has 0 amide bonds. The molecule has 3 nitrogen and oxygen atoms in total. The summed E-state index contributed by atoms with van der Waals surface area (Å²) in [5.74, 6) is 0. The minimum Gasteiger partial charge on any atom is -0.389 e. The number of anilines is 1. The topological polar surface area (TPSA) is 50.9 Å². The van der Waals surface area contributed by atoms with Gasteiger partial charge in [0.2, 0.25) is 0 Å². The predicted molar refractivity (Wildman–Crippen MR) is 75.2 cm³/mol. The van der Waals surface area contributed by atoms with E-state index in [1.807, 2.05) is 6.07 Å². The lowest BCUT2D eigenvalue weighted by atomic mass is 9.89. The fraction of sp³-hybridized carbons (Fsp3) is 0.538. The molecule has 1 aliphatic rings. The lowest BCUT2D eigenvalue weighted by Crippen LogP contribution is -2.24. The molecule has 0 spiro atoms. The van der Waals surface area contributed by atoms with E-state index in [-0.39, 0.29) is 0 Å². The highest BCUT2D eigenvalue weighted by atomic mass is 32.1. The summed E-state index contributed by atoms with van der Waals surface area (Å²) >= 11 is 5.04. The lowest BCUT2D eigenvalue weighted by molar-refractivity contribution is 0.362. The largest absolute Gasteiger partial charge is 0.389 e. The van der Waals surface area contributed by atoms with Crippen LogP contribution < -0.4 is 11.1 Å². The Morgan fingerprint density at radius 1 is 1.53 bits per heavy atom. The molecule has 17 heavy (non-hydrogen) atoms. The zero-order valence-corrected chi connectivity index (χ0v) is 11.0. The smallest absolute Gasteiger partial charge is 0.106 e. The van der Waals surface area contributed by atoms with Gasteiger partial charge < -0.3 is 11.1 Å². The first-order valence-electron chi connectivity index (χ1n) is 6.08. The van der Waals surface area contributed by atoms with E-state index in [9.17, 15) is 0 Å². The summed E-state index contributed by atoms with van der Waals surface area (Å²) in [5, 5.41) is 3.45. The van der Waals surface area contributed by atoms with Gasteiger partial charge in [-0.3, -0.25) is 4.98 Å². The molecule has 1 aromatic heterocycles. The van der Waals surface area contributed by atoms with Crippen molar-refractivity contribution in [1.82, 2.24) is 4.98 Å². The second-order valence-corrected chi connectivity index (χ2v) is 5.60. The number of pyridine rings is 1. The number of hydrogen-bond acceptors (Lipinski definition) is 3. The summed E-state index contributed by atoms with van der Waals surface area (Å²) in [6.07, 6.45) is 8.79. The third kappa shape index (κ3) is 2.94. The van der Waals surface area contributed by atoms with E-state index in [0.29, 0.717) is 10.4 Å². The Balaban J connectivity index is 2.06. The van der Waals surface area contributed by atoms with Crippen LogP contribution in [0.25, 0.3) is 0 Å². The molecule has 0 bridgehead atoms. The van der Waals surface area contributed by atoms with Gasteiger partial charge in [-0.25, -0.2) is 0 Å². The first-order valence-corrected chi connectivity index (χ1v) is 6.49. The van der Waals surface area contributed by atoms with E-state index in [0.717, 1.165) is 17.8 Å². The van der Waals surface area contributed by atoms with Gasteiger partial charge in [0.05, 0.1) is 11.9 Å². The molecule has 4 heteroatoms. The Labute approximate surface area is 108 Å². The summed E-state index contributed by atoms with van der Waals surface area (Å²) in [6.45, 7) is 3.30. The second kappa shape index (κ2) is 5.00. The molecule has 3 N–H and O–H groups in total. The first kappa shape index (κ1) is 12.3. The fourth-order valence-electron chi connectivity index (χ4n) is 2.46. The standard InChI is InChI=1S/C13H19N3S/c1-13(5-2-3-6-13)9-16-11-8-15-7-4-10(11)12(14)17/h4,7-8,16H,2-3,5-6,9H2,1H3,(H2,14,17). The molecule has 1 fully saturated rings. The highest BCUT2D eigenvalue weighted by molar-refractivity contribution is 7.80. The molecule has 2 rings (SSSR count). The molecule has 1 heterocycles. The van der Waals surface area contributed by atoms with Crippen LogP contribution in [0.2, 0.25) is 0 Å². The number of nitrogens with one attached hydrogen (secondary N) is 1. The zero-order valence-electron chi connectivity index (χ0n) is 10.2. The maximum atomic E-state index is 5.69. The predicted octanol–water partition coefficient (Wildman–Crippen LogP) is 2.71. The van der Waals surface area contributed by atoms with Crippen molar-refractivity contribution >= 4 is 22.9 Å².